The quantitative estimate of drug-likeness (QED) is 0.670. The molecule has 0 spiro atoms. The van der Waals surface area contributed by atoms with Crippen molar-refractivity contribution in [2.24, 2.45) is 5.92 Å². The predicted molar refractivity (Wildman–Crippen MR) is 64.3 cm³/mol. The van der Waals surface area contributed by atoms with E-state index in [9.17, 15) is 5.11 Å². The number of hydrogen-bond acceptors (Lipinski definition) is 3. The van der Waals surface area contributed by atoms with Gasteiger partial charge in [-0.25, -0.2) is 0 Å². The first kappa shape index (κ1) is 11.0. The van der Waals surface area contributed by atoms with Gasteiger partial charge >= 0.3 is 0 Å². The van der Waals surface area contributed by atoms with Gasteiger partial charge in [-0.15, -0.1) is 0 Å². The predicted octanol–water partition coefficient (Wildman–Crippen LogP) is 1.02. The highest BCUT2D eigenvalue weighted by atomic mass is 16.3. The van der Waals surface area contributed by atoms with E-state index in [-0.39, 0.29) is 6.10 Å². The normalized spacial score (nSPS) is 48.2. The standard InChI is InChI=1S/C13H24N2O/c16-10-7-9(8-10)15-13-4-1-3-11(13)12-5-2-6-14-12/h9-16H,1-8H2. The van der Waals surface area contributed by atoms with Gasteiger partial charge in [-0.3, -0.25) is 0 Å². The molecule has 3 heteroatoms. The van der Waals surface area contributed by atoms with Gasteiger partial charge in [-0.1, -0.05) is 6.42 Å². The molecular weight excluding hydrogens is 200 g/mol. The molecule has 0 radical (unpaired) electrons. The van der Waals surface area contributed by atoms with E-state index in [0.29, 0.717) is 12.1 Å². The second-order valence-corrected chi connectivity index (χ2v) is 5.89. The summed E-state index contributed by atoms with van der Waals surface area (Å²) in [5.74, 6) is 0.847. The molecule has 2 aliphatic carbocycles. The number of aliphatic hydroxyl groups excluding tert-OH is 1. The molecule has 16 heavy (non-hydrogen) atoms. The van der Waals surface area contributed by atoms with E-state index >= 15 is 0 Å². The molecule has 0 amide bonds. The van der Waals surface area contributed by atoms with Crippen LogP contribution in [0.5, 0.6) is 0 Å². The van der Waals surface area contributed by atoms with Gasteiger partial charge in [0.05, 0.1) is 6.10 Å². The van der Waals surface area contributed by atoms with Gasteiger partial charge in [-0.05, 0) is 51.0 Å². The maximum atomic E-state index is 9.32. The van der Waals surface area contributed by atoms with Gasteiger partial charge in [0.1, 0.15) is 0 Å². The van der Waals surface area contributed by atoms with Crippen LogP contribution in [0.4, 0.5) is 0 Å². The van der Waals surface area contributed by atoms with Crippen molar-refractivity contribution in [3.05, 3.63) is 0 Å². The Bertz CT molecular complexity index is 234. The topological polar surface area (TPSA) is 44.3 Å². The van der Waals surface area contributed by atoms with Crippen LogP contribution in [0.25, 0.3) is 0 Å². The Morgan fingerprint density at radius 1 is 1.06 bits per heavy atom. The molecule has 3 nitrogen and oxygen atoms in total. The van der Waals surface area contributed by atoms with Crippen LogP contribution in [0.2, 0.25) is 0 Å². The lowest BCUT2D eigenvalue weighted by Crippen LogP contribution is -2.52. The molecule has 1 aliphatic heterocycles. The summed E-state index contributed by atoms with van der Waals surface area (Å²) in [6.45, 7) is 1.22. The van der Waals surface area contributed by atoms with Gasteiger partial charge in [0, 0.05) is 18.1 Å². The summed E-state index contributed by atoms with van der Waals surface area (Å²) in [5.41, 5.74) is 0. The Kier molecular flexibility index (Phi) is 3.18. The van der Waals surface area contributed by atoms with E-state index in [1.807, 2.05) is 0 Å². The van der Waals surface area contributed by atoms with E-state index in [1.165, 1.54) is 38.6 Å². The van der Waals surface area contributed by atoms with Crippen LogP contribution < -0.4 is 10.6 Å². The molecule has 2 saturated carbocycles. The molecule has 1 heterocycles. The Hall–Kier alpha value is -0.120. The molecule has 3 atom stereocenters. The molecule has 3 rings (SSSR count). The third-order valence-corrected chi connectivity index (χ3v) is 4.75. The first-order valence-corrected chi connectivity index (χ1v) is 7.00. The molecule has 3 unspecified atom stereocenters. The number of hydrogen-bond donors (Lipinski definition) is 3. The summed E-state index contributed by atoms with van der Waals surface area (Å²) in [5, 5.41) is 16.7. The SMILES string of the molecule is OC1CC(NC2CCCC2C2CCCN2)C1. The van der Waals surface area contributed by atoms with Crippen molar-refractivity contribution >= 4 is 0 Å². The van der Waals surface area contributed by atoms with E-state index < -0.39 is 0 Å². The Labute approximate surface area is 98.0 Å². The summed E-state index contributed by atoms with van der Waals surface area (Å²) in [7, 11) is 0. The highest BCUT2D eigenvalue weighted by Gasteiger charge is 2.38. The summed E-state index contributed by atoms with van der Waals surface area (Å²) >= 11 is 0. The zero-order chi connectivity index (χ0) is 11.0. The second kappa shape index (κ2) is 4.63. The van der Waals surface area contributed by atoms with Gasteiger partial charge in [0.15, 0.2) is 0 Å². The first-order valence-electron chi connectivity index (χ1n) is 7.00. The number of aliphatic hydroxyl groups is 1. The third kappa shape index (κ3) is 2.13. The molecule has 3 aliphatic rings. The fourth-order valence-electron chi connectivity index (χ4n) is 3.78. The zero-order valence-electron chi connectivity index (χ0n) is 9.99. The molecule has 1 saturated heterocycles. The number of rotatable bonds is 3. The second-order valence-electron chi connectivity index (χ2n) is 5.89. The minimum absolute atomic E-state index is 0.0260. The van der Waals surface area contributed by atoms with Gasteiger partial charge in [0.25, 0.3) is 0 Å². The Morgan fingerprint density at radius 2 is 1.94 bits per heavy atom. The summed E-state index contributed by atoms with van der Waals surface area (Å²) in [6, 6.07) is 2.08. The van der Waals surface area contributed by atoms with Crippen molar-refractivity contribution in [1.82, 2.24) is 10.6 Å². The fourth-order valence-corrected chi connectivity index (χ4v) is 3.78. The maximum absolute atomic E-state index is 9.32. The highest BCUT2D eigenvalue weighted by molar-refractivity contribution is 4.96. The lowest BCUT2D eigenvalue weighted by molar-refractivity contribution is 0.0543. The Morgan fingerprint density at radius 3 is 2.62 bits per heavy atom. The smallest absolute Gasteiger partial charge is 0.0570 e. The Balaban J connectivity index is 1.52. The minimum atomic E-state index is -0.0260. The summed E-state index contributed by atoms with van der Waals surface area (Å²) in [6.07, 6.45) is 8.77. The molecule has 0 aromatic heterocycles. The molecule has 3 N–H and O–H groups in total. The van der Waals surface area contributed by atoms with E-state index in [4.69, 9.17) is 0 Å². The van der Waals surface area contributed by atoms with Crippen LogP contribution in [0, 0.1) is 5.92 Å². The van der Waals surface area contributed by atoms with E-state index in [1.54, 1.807) is 0 Å². The van der Waals surface area contributed by atoms with Crippen molar-refractivity contribution < 1.29 is 5.11 Å². The molecule has 0 aromatic carbocycles. The van der Waals surface area contributed by atoms with Crippen molar-refractivity contribution in [2.45, 2.75) is 69.2 Å². The van der Waals surface area contributed by atoms with E-state index in [0.717, 1.165) is 24.8 Å². The number of nitrogens with one attached hydrogen (secondary N) is 2. The van der Waals surface area contributed by atoms with Crippen LogP contribution in [0.3, 0.4) is 0 Å². The molecule has 3 fully saturated rings. The third-order valence-electron chi connectivity index (χ3n) is 4.75. The average Bonchev–Trinajstić information content (AvgIpc) is 2.83. The van der Waals surface area contributed by atoms with Crippen molar-refractivity contribution in [3.8, 4) is 0 Å². The average molecular weight is 224 g/mol. The maximum Gasteiger partial charge on any atom is 0.0570 e. The lowest BCUT2D eigenvalue weighted by atomic mass is 9.86. The molecule has 0 bridgehead atoms. The first-order chi connectivity index (χ1) is 7.83. The minimum Gasteiger partial charge on any atom is -0.393 e. The van der Waals surface area contributed by atoms with Gasteiger partial charge in [-0.2, -0.15) is 0 Å². The van der Waals surface area contributed by atoms with Gasteiger partial charge < -0.3 is 15.7 Å². The summed E-state index contributed by atoms with van der Waals surface area (Å²) < 4.78 is 0. The highest BCUT2D eigenvalue weighted by Crippen LogP contribution is 2.33. The van der Waals surface area contributed by atoms with Crippen molar-refractivity contribution in [1.29, 1.82) is 0 Å². The monoisotopic (exact) mass is 224 g/mol. The van der Waals surface area contributed by atoms with E-state index in [2.05, 4.69) is 10.6 Å². The molecular formula is C13H24N2O. The molecule has 92 valence electrons. The van der Waals surface area contributed by atoms with Crippen molar-refractivity contribution in [3.63, 3.8) is 0 Å². The zero-order valence-corrected chi connectivity index (χ0v) is 9.99. The van der Waals surface area contributed by atoms with Crippen molar-refractivity contribution in [2.75, 3.05) is 6.54 Å². The van der Waals surface area contributed by atoms with Crippen LogP contribution >= 0.6 is 0 Å². The molecule has 0 aromatic rings. The summed E-state index contributed by atoms with van der Waals surface area (Å²) in [4.78, 5) is 0. The lowest BCUT2D eigenvalue weighted by Gasteiger charge is -2.37. The van der Waals surface area contributed by atoms with Crippen LogP contribution in [0.15, 0.2) is 0 Å². The fraction of sp³-hybridized carbons (Fsp3) is 1.00. The largest absolute Gasteiger partial charge is 0.393 e. The van der Waals surface area contributed by atoms with Crippen LogP contribution in [-0.4, -0.2) is 35.9 Å². The van der Waals surface area contributed by atoms with Gasteiger partial charge in [0.2, 0.25) is 0 Å². The van der Waals surface area contributed by atoms with Crippen LogP contribution in [0.1, 0.15) is 44.9 Å². The van der Waals surface area contributed by atoms with Crippen LogP contribution in [-0.2, 0) is 0 Å².